The summed E-state index contributed by atoms with van der Waals surface area (Å²) in [6.45, 7) is 4.12. The van der Waals surface area contributed by atoms with Crippen LogP contribution in [0.2, 0.25) is 0 Å². The summed E-state index contributed by atoms with van der Waals surface area (Å²) in [7, 11) is 0. The van der Waals surface area contributed by atoms with Crippen molar-refractivity contribution in [1.82, 2.24) is 5.32 Å². The van der Waals surface area contributed by atoms with Crippen LogP contribution < -0.4 is 10.7 Å². The minimum absolute atomic E-state index is 0.0379. The van der Waals surface area contributed by atoms with Gasteiger partial charge in [0, 0.05) is 12.6 Å². The normalized spacial score (nSPS) is 11.6. The van der Waals surface area contributed by atoms with Crippen molar-refractivity contribution in [3.05, 3.63) is 46.3 Å². The number of hydrogen-bond acceptors (Lipinski definition) is 4. The van der Waals surface area contributed by atoms with E-state index in [0.717, 1.165) is 12.8 Å². The summed E-state index contributed by atoms with van der Waals surface area (Å²) in [6, 6.07) is 7.99. The highest BCUT2D eigenvalue weighted by atomic mass is 16.3. The fraction of sp³-hybridized carbons (Fsp3) is 0.444. The molecule has 124 valence electrons. The molecule has 5 nitrogen and oxygen atoms in total. The Bertz CT molecular complexity index is 729. The van der Waals surface area contributed by atoms with Gasteiger partial charge in [0.25, 0.3) is 5.91 Å². The van der Waals surface area contributed by atoms with E-state index in [1.54, 1.807) is 24.3 Å². The summed E-state index contributed by atoms with van der Waals surface area (Å²) >= 11 is 0. The second-order valence-electron chi connectivity index (χ2n) is 5.88. The van der Waals surface area contributed by atoms with Gasteiger partial charge in [-0.3, -0.25) is 9.59 Å². The predicted octanol–water partition coefficient (Wildman–Crippen LogP) is 2.85. The van der Waals surface area contributed by atoms with E-state index in [9.17, 15) is 14.7 Å². The molecule has 0 fully saturated rings. The molecular formula is C18H23NO4. The summed E-state index contributed by atoms with van der Waals surface area (Å²) in [6.07, 6.45) is 2.89. The van der Waals surface area contributed by atoms with Gasteiger partial charge in [0.05, 0.1) is 11.0 Å². The lowest BCUT2D eigenvalue weighted by Crippen LogP contribution is -2.43. The van der Waals surface area contributed by atoms with Crippen molar-refractivity contribution in [2.45, 2.75) is 45.1 Å². The highest BCUT2D eigenvalue weighted by molar-refractivity contribution is 5.93. The third-order valence-corrected chi connectivity index (χ3v) is 3.87. The molecule has 0 bridgehead atoms. The highest BCUT2D eigenvalue weighted by Crippen LogP contribution is 2.19. The van der Waals surface area contributed by atoms with Crippen LogP contribution in [-0.4, -0.2) is 23.2 Å². The molecule has 0 aliphatic rings. The molecule has 0 aliphatic heterocycles. The van der Waals surface area contributed by atoms with Crippen LogP contribution in [0.15, 0.2) is 39.5 Å². The first-order valence-corrected chi connectivity index (χ1v) is 8.02. The molecule has 0 unspecified atom stereocenters. The van der Waals surface area contributed by atoms with Gasteiger partial charge in [0.15, 0.2) is 11.2 Å². The Morgan fingerprint density at radius 1 is 1.22 bits per heavy atom. The summed E-state index contributed by atoms with van der Waals surface area (Å²) in [5.74, 6) is -0.525. The average Bonchev–Trinajstić information content (AvgIpc) is 2.53. The molecule has 1 heterocycles. The number of rotatable bonds is 7. The molecule has 0 spiro atoms. The van der Waals surface area contributed by atoms with Crippen LogP contribution in [0.3, 0.4) is 0 Å². The van der Waals surface area contributed by atoms with Crippen molar-refractivity contribution in [1.29, 1.82) is 0 Å². The maximum Gasteiger partial charge on any atom is 0.287 e. The van der Waals surface area contributed by atoms with Crippen LogP contribution in [0, 0.1) is 0 Å². The molecule has 0 radical (unpaired) electrons. The molecule has 2 aromatic rings. The number of carbonyl (C=O) groups is 1. The molecule has 0 aliphatic carbocycles. The van der Waals surface area contributed by atoms with Gasteiger partial charge in [-0.2, -0.15) is 0 Å². The zero-order chi connectivity index (χ0) is 16.9. The fourth-order valence-corrected chi connectivity index (χ4v) is 2.78. The Labute approximate surface area is 135 Å². The van der Waals surface area contributed by atoms with Gasteiger partial charge in [-0.1, -0.05) is 38.8 Å². The van der Waals surface area contributed by atoms with Crippen LogP contribution in [0.4, 0.5) is 0 Å². The largest absolute Gasteiger partial charge is 0.451 e. The van der Waals surface area contributed by atoms with E-state index in [1.165, 1.54) is 6.07 Å². The smallest absolute Gasteiger partial charge is 0.287 e. The van der Waals surface area contributed by atoms with E-state index in [0.29, 0.717) is 23.8 Å². The number of benzene rings is 1. The zero-order valence-corrected chi connectivity index (χ0v) is 13.6. The second kappa shape index (κ2) is 7.42. The van der Waals surface area contributed by atoms with Gasteiger partial charge in [-0.25, -0.2) is 0 Å². The van der Waals surface area contributed by atoms with Crippen molar-refractivity contribution in [2.24, 2.45) is 0 Å². The maximum absolute atomic E-state index is 12.2. The quantitative estimate of drug-likeness (QED) is 0.823. The van der Waals surface area contributed by atoms with Crippen molar-refractivity contribution >= 4 is 16.9 Å². The molecule has 0 saturated heterocycles. The van der Waals surface area contributed by atoms with Crippen molar-refractivity contribution in [3.8, 4) is 0 Å². The highest BCUT2D eigenvalue weighted by Gasteiger charge is 2.26. The Balaban J connectivity index is 2.16. The summed E-state index contributed by atoms with van der Waals surface area (Å²) < 4.78 is 5.50. The van der Waals surface area contributed by atoms with E-state index in [-0.39, 0.29) is 17.7 Å². The number of amides is 1. The Morgan fingerprint density at radius 2 is 1.87 bits per heavy atom. The van der Waals surface area contributed by atoms with E-state index in [2.05, 4.69) is 5.32 Å². The molecule has 0 atom stereocenters. The molecule has 1 aromatic heterocycles. The van der Waals surface area contributed by atoms with Crippen LogP contribution in [-0.2, 0) is 0 Å². The van der Waals surface area contributed by atoms with Crippen LogP contribution in [0.5, 0.6) is 0 Å². The third-order valence-electron chi connectivity index (χ3n) is 3.87. The van der Waals surface area contributed by atoms with Crippen LogP contribution in [0.25, 0.3) is 11.0 Å². The number of para-hydroxylation sites is 1. The number of aliphatic hydroxyl groups is 1. The summed E-state index contributed by atoms with van der Waals surface area (Å²) in [4.78, 5) is 24.3. The van der Waals surface area contributed by atoms with Gasteiger partial charge in [0.1, 0.15) is 5.58 Å². The molecule has 5 heteroatoms. The summed E-state index contributed by atoms with van der Waals surface area (Å²) in [5.41, 5.74) is -0.798. The minimum Gasteiger partial charge on any atom is -0.451 e. The monoisotopic (exact) mass is 317 g/mol. The predicted molar refractivity (Wildman–Crippen MR) is 89.6 cm³/mol. The van der Waals surface area contributed by atoms with Crippen molar-refractivity contribution < 1.29 is 14.3 Å². The molecule has 1 aromatic carbocycles. The first-order valence-electron chi connectivity index (χ1n) is 8.02. The third kappa shape index (κ3) is 4.20. The lowest BCUT2D eigenvalue weighted by Gasteiger charge is -2.27. The van der Waals surface area contributed by atoms with Crippen LogP contribution >= 0.6 is 0 Å². The lowest BCUT2D eigenvalue weighted by molar-refractivity contribution is 0.0210. The molecule has 2 rings (SSSR count). The number of carbonyl (C=O) groups excluding carboxylic acids is 1. The average molecular weight is 317 g/mol. The van der Waals surface area contributed by atoms with E-state index < -0.39 is 11.5 Å². The lowest BCUT2D eigenvalue weighted by atomic mass is 9.92. The van der Waals surface area contributed by atoms with Gasteiger partial charge in [-0.15, -0.1) is 0 Å². The second-order valence-corrected chi connectivity index (χ2v) is 5.88. The Morgan fingerprint density at radius 3 is 2.52 bits per heavy atom. The van der Waals surface area contributed by atoms with Crippen LogP contribution in [0.1, 0.15) is 50.1 Å². The standard InChI is InChI=1S/C18H23NO4/c1-3-9-18(22,10-4-2)12-19-17(21)16-11-14(20)13-7-5-6-8-15(13)23-16/h5-8,11,22H,3-4,9-10,12H2,1-2H3,(H,19,21). The first kappa shape index (κ1) is 17.2. The summed E-state index contributed by atoms with van der Waals surface area (Å²) in [5, 5.41) is 13.6. The Hall–Kier alpha value is -2.14. The van der Waals surface area contributed by atoms with E-state index >= 15 is 0 Å². The topological polar surface area (TPSA) is 79.5 Å². The maximum atomic E-state index is 12.2. The van der Waals surface area contributed by atoms with Gasteiger partial charge >= 0.3 is 0 Å². The molecule has 2 N–H and O–H groups in total. The number of hydrogen-bond donors (Lipinski definition) is 2. The van der Waals surface area contributed by atoms with Gasteiger partial charge in [0.2, 0.25) is 0 Å². The molecule has 1 amide bonds. The molecule has 0 saturated carbocycles. The minimum atomic E-state index is -0.920. The van der Waals surface area contributed by atoms with E-state index in [1.807, 2.05) is 13.8 Å². The van der Waals surface area contributed by atoms with Crippen molar-refractivity contribution in [2.75, 3.05) is 6.54 Å². The first-order chi connectivity index (χ1) is 11.0. The zero-order valence-electron chi connectivity index (χ0n) is 13.6. The van der Waals surface area contributed by atoms with E-state index in [4.69, 9.17) is 4.42 Å². The van der Waals surface area contributed by atoms with Crippen molar-refractivity contribution in [3.63, 3.8) is 0 Å². The molecular weight excluding hydrogens is 294 g/mol. The fourth-order valence-electron chi connectivity index (χ4n) is 2.78. The number of nitrogens with one attached hydrogen (secondary N) is 1. The number of fused-ring (bicyclic) bond motifs is 1. The van der Waals surface area contributed by atoms with Gasteiger partial charge in [-0.05, 0) is 25.0 Å². The Kier molecular flexibility index (Phi) is 5.55. The van der Waals surface area contributed by atoms with Gasteiger partial charge < -0.3 is 14.8 Å². The molecule has 23 heavy (non-hydrogen) atoms. The SMILES string of the molecule is CCCC(O)(CCC)CNC(=O)c1cc(=O)c2ccccc2o1.